The molecule has 0 saturated carbocycles. The van der Waals surface area contributed by atoms with Crippen molar-refractivity contribution in [3.05, 3.63) is 42.0 Å². The van der Waals surface area contributed by atoms with Crippen molar-refractivity contribution >= 4 is 16.7 Å². The minimum absolute atomic E-state index is 0.316. The molecule has 6 heterocycles. The Balaban J connectivity index is 1.22. The molecule has 0 radical (unpaired) electrons. The third kappa shape index (κ3) is 4.08. The number of fused-ring (bicyclic) bond motifs is 2. The molecule has 0 aliphatic carbocycles. The van der Waals surface area contributed by atoms with Crippen LogP contribution in [0, 0.1) is 11.3 Å². The zero-order chi connectivity index (χ0) is 24.2. The van der Waals surface area contributed by atoms with Gasteiger partial charge in [-0.05, 0) is 42.9 Å². The van der Waals surface area contributed by atoms with Gasteiger partial charge in [0.05, 0.1) is 37.1 Å². The molecule has 35 heavy (non-hydrogen) atoms. The second kappa shape index (κ2) is 8.60. The number of hydrogen-bond acceptors (Lipinski definition) is 6. The summed E-state index contributed by atoms with van der Waals surface area (Å²) in [7, 11) is 1.67. The Bertz CT molecular complexity index is 1360. The van der Waals surface area contributed by atoms with E-state index in [0.29, 0.717) is 22.7 Å². The first-order valence-corrected chi connectivity index (χ1v) is 12.6. The Hall–Kier alpha value is -2.97. The van der Waals surface area contributed by atoms with E-state index in [1.54, 1.807) is 18.0 Å². The maximum atomic E-state index is 5.59. The highest BCUT2D eigenvalue weighted by molar-refractivity contribution is 5.89. The van der Waals surface area contributed by atoms with E-state index in [9.17, 15) is 0 Å². The molecule has 4 aromatic rings. The summed E-state index contributed by atoms with van der Waals surface area (Å²) in [5.41, 5.74) is 7.71. The Kier molecular flexibility index (Phi) is 5.53. The molecule has 0 atom stereocenters. The number of pyridine rings is 2. The fraction of sp³-hybridized carbons (Fsp3) is 0.519. The predicted molar refractivity (Wildman–Crippen MR) is 136 cm³/mol. The zero-order valence-electron chi connectivity index (χ0n) is 21.0. The number of rotatable bonds is 8. The van der Waals surface area contributed by atoms with Crippen LogP contribution in [0.4, 0.5) is 0 Å². The van der Waals surface area contributed by atoms with Crippen LogP contribution < -0.4 is 4.74 Å². The van der Waals surface area contributed by atoms with Crippen LogP contribution in [-0.4, -0.2) is 69.4 Å². The van der Waals surface area contributed by atoms with Gasteiger partial charge in [-0.15, -0.1) is 0 Å². The second-order valence-corrected chi connectivity index (χ2v) is 11.0. The van der Waals surface area contributed by atoms with Gasteiger partial charge in [-0.2, -0.15) is 5.10 Å². The second-order valence-electron chi connectivity index (χ2n) is 11.0. The van der Waals surface area contributed by atoms with Gasteiger partial charge in [0.25, 0.3) is 0 Å². The van der Waals surface area contributed by atoms with Crippen molar-refractivity contribution in [3.63, 3.8) is 0 Å². The van der Waals surface area contributed by atoms with Crippen molar-refractivity contribution in [2.75, 3.05) is 40.0 Å². The number of aryl methyl sites for hydroxylation is 1. The lowest BCUT2D eigenvalue weighted by Crippen LogP contribution is -2.55. The first-order chi connectivity index (χ1) is 16.9. The normalized spacial score (nSPS) is 18.3. The molecule has 4 aromatic heterocycles. The van der Waals surface area contributed by atoms with Gasteiger partial charge >= 0.3 is 0 Å². The summed E-state index contributed by atoms with van der Waals surface area (Å²) >= 11 is 0. The van der Waals surface area contributed by atoms with Crippen molar-refractivity contribution < 1.29 is 9.47 Å². The van der Waals surface area contributed by atoms with Crippen LogP contribution in [0.2, 0.25) is 0 Å². The van der Waals surface area contributed by atoms with Crippen molar-refractivity contribution in [3.8, 4) is 17.0 Å². The molecule has 2 aliphatic heterocycles. The highest BCUT2D eigenvalue weighted by Crippen LogP contribution is 2.37. The summed E-state index contributed by atoms with van der Waals surface area (Å²) in [6.07, 6.45) is 5.76. The van der Waals surface area contributed by atoms with E-state index in [2.05, 4.69) is 52.9 Å². The number of aromatic amines is 1. The maximum absolute atomic E-state index is 5.59. The van der Waals surface area contributed by atoms with Crippen molar-refractivity contribution in [2.24, 2.45) is 11.3 Å². The summed E-state index contributed by atoms with van der Waals surface area (Å²) in [6.45, 7) is 12.2. The average molecular weight is 475 g/mol. The van der Waals surface area contributed by atoms with Crippen LogP contribution in [0.5, 0.6) is 5.75 Å². The van der Waals surface area contributed by atoms with Gasteiger partial charge in [0.1, 0.15) is 6.33 Å². The minimum atomic E-state index is 0.316. The van der Waals surface area contributed by atoms with E-state index < -0.39 is 0 Å². The number of aromatic nitrogens is 5. The molecule has 0 spiro atoms. The Morgan fingerprint density at radius 1 is 1.26 bits per heavy atom. The van der Waals surface area contributed by atoms with Gasteiger partial charge in [-0.25, -0.2) is 9.50 Å². The SMILES string of the molecule is COc1cc(-c2[nH]c3ccc(CCC4CN(CC5(C)COC5)C4)nc3c2C(C)C)cn2ncnc12. The first-order valence-electron chi connectivity index (χ1n) is 12.6. The lowest BCUT2D eigenvalue weighted by Gasteiger charge is -2.47. The molecule has 8 heteroatoms. The fourth-order valence-corrected chi connectivity index (χ4v) is 5.66. The smallest absolute Gasteiger partial charge is 0.197 e. The summed E-state index contributed by atoms with van der Waals surface area (Å²) in [6, 6.07) is 6.39. The van der Waals surface area contributed by atoms with E-state index in [4.69, 9.17) is 14.5 Å². The van der Waals surface area contributed by atoms with Gasteiger partial charge in [0.2, 0.25) is 0 Å². The quantitative estimate of drug-likeness (QED) is 0.410. The van der Waals surface area contributed by atoms with Gasteiger partial charge in [0.15, 0.2) is 11.4 Å². The van der Waals surface area contributed by atoms with Crippen LogP contribution in [0.25, 0.3) is 27.9 Å². The van der Waals surface area contributed by atoms with Crippen molar-refractivity contribution in [2.45, 2.75) is 39.5 Å². The van der Waals surface area contributed by atoms with Crippen molar-refractivity contribution in [1.29, 1.82) is 0 Å². The highest BCUT2D eigenvalue weighted by atomic mass is 16.5. The monoisotopic (exact) mass is 474 g/mol. The third-order valence-corrected chi connectivity index (χ3v) is 7.51. The molecule has 1 N–H and O–H groups in total. The molecule has 8 nitrogen and oxygen atoms in total. The standard InChI is InChI=1S/C27H34N6O2/c1-17(2)23-24(19-9-22(34-4)26-28-16-29-33(26)12-19)31-21-8-7-20(30-25(21)23)6-5-18-10-32(11-18)13-27(3)14-35-15-27/h7-9,12,16-18,31H,5-6,10-11,13-15H2,1-4H3. The van der Waals surface area contributed by atoms with Crippen LogP contribution in [0.1, 0.15) is 44.4 Å². The number of nitrogens with one attached hydrogen (secondary N) is 1. The molecule has 2 saturated heterocycles. The molecule has 2 aliphatic rings. The lowest BCUT2D eigenvalue weighted by atomic mass is 9.84. The van der Waals surface area contributed by atoms with Crippen LogP contribution in [0.3, 0.4) is 0 Å². The number of likely N-dealkylation sites (tertiary alicyclic amines) is 1. The topological polar surface area (TPSA) is 80.6 Å². The molecule has 184 valence electrons. The third-order valence-electron chi connectivity index (χ3n) is 7.51. The molecule has 0 bridgehead atoms. The maximum Gasteiger partial charge on any atom is 0.197 e. The number of methoxy groups -OCH3 is 1. The van der Waals surface area contributed by atoms with Crippen LogP contribution >= 0.6 is 0 Å². The number of H-pyrrole nitrogens is 1. The van der Waals surface area contributed by atoms with Crippen LogP contribution in [-0.2, 0) is 11.2 Å². The number of ether oxygens (including phenoxy) is 2. The summed E-state index contributed by atoms with van der Waals surface area (Å²) in [5.74, 6) is 1.79. The highest BCUT2D eigenvalue weighted by Gasteiger charge is 2.38. The fourth-order valence-electron chi connectivity index (χ4n) is 5.66. The first kappa shape index (κ1) is 22.5. The van der Waals surface area contributed by atoms with E-state index in [1.165, 1.54) is 37.3 Å². The van der Waals surface area contributed by atoms with E-state index in [0.717, 1.165) is 47.8 Å². The molecule has 0 amide bonds. The minimum Gasteiger partial charge on any atom is -0.493 e. The lowest BCUT2D eigenvalue weighted by molar-refractivity contribution is -0.126. The van der Waals surface area contributed by atoms with Crippen molar-refractivity contribution in [1.82, 2.24) is 29.5 Å². The molecular weight excluding hydrogens is 440 g/mol. The summed E-state index contributed by atoms with van der Waals surface area (Å²) < 4.78 is 12.8. The van der Waals surface area contributed by atoms with Gasteiger partial charge < -0.3 is 19.4 Å². The Morgan fingerprint density at radius 2 is 2.09 bits per heavy atom. The van der Waals surface area contributed by atoms with Gasteiger partial charge in [-0.1, -0.05) is 20.8 Å². The molecule has 2 fully saturated rings. The molecule has 0 unspecified atom stereocenters. The van der Waals surface area contributed by atoms with Gasteiger partial charge in [0, 0.05) is 48.1 Å². The predicted octanol–water partition coefficient (Wildman–Crippen LogP) is 4.31. The number of nitrogens with zero attached hydrogens (tertiary/aromatic N) is 5. The summed E-state index contributed by atoms with van der Waals surface area (Å²) in [5, 5.41) is 4.33. The van der Waals surface area contributed by atoms with Gasteiger partial charge in [-0.3, -0.25) is 4.98 Å². The largest absolute Gasteiger partial charge is 0.493 e. The molecular formula is C27H34N6O2. The molecule has 0 aromatic carbocycles. The molecule has 6 rings (SSSR count). The zero-order valence-corrected chi connectivity index (χ0v) is 21.0. The Morgan fingerprint density at radius 3 is 2.80 bits per heavy atom. The van der Waals surface area contributed by atoms with E-state index in [-0.39, 0.29) is 0 Å². The van der Waals surface area contributed by atoms with E-state index >= 15 is 0 Å². The van der Waals surface area contributed by atoms with Crippen LogP contribution in [0.15, 0.2) is 30.7 Å². The number of hydrogen-bond donors (Lipinski definition) is 1. The Labute approximate surface area is 205 Å². The average Bonchev–Trinajstić information content (AvgIpc) is 3.42. The van der Waals surface area contributed by atoms with E-state index in [1.807, 2.05) is 12.3 Å². The summed E-state index contributed by atoms with van der Waals surface area (Å²) in [4.78, 5) is 15.7.